The predicted octanol–water partition coefficient (Wildman–Crippen LogP) is 3.93. The fraction of sp³-hybridized carbons (Fsp3) is 0.538. The molecule has 0 saturated heterocycles. The molecule has 1 heterocycles. The fourth-order valence-corrected chi connectivity index (χ4v) is 1.86. The van der Waals surface area contributed by atoms with E-state index in [4.69, 9.17) is 11.6 Å². The van der Waals surface area contributed by atoms with Gasteiger partial charge < -0.3 is 5.32 Å². The van der Waals surface area contributed by atoms with E-state index in [1.807, 2.05) is 13.8 Å². The highest BCUT2D eigenvalue weighted by Gasteiger charge is 2.30. The number of carbonyl (C=O) groups is 1. The summed E-state index contributed by atoms with van der Waals surface area (Å²) in [5.41, 5.74) is 0.828. The van der Waals surface area contributed by atoms with E-state index >= 15 is 0 Å². The highest BCUT2D eigenvalue weighted by Crippen LogP contribution is 2.22. The van der Waals surface area contributed by atoms with Crippen LogP contribution in [0, 0.1) is 0 Å². The third-order valence-corrected chi connectivity index (χ3v) is 2.78. The van der Waals surface area contributed by atoms with Crippen LogP contribution in [0.25, 0.3) is 0 Å². The van der Waals surface area contributed by atoms with Gasteiger partial charge in [0.1, 0.15) is 5.15 Å². The van der Waals surface area contributed by atoms with Gasteiger partial charge in [-0.05, 0) is 25.0 Å². The van der Waals surface area contributed by atoms with Crippen molar-refractivity contribution in [1.82, 2.24) is 10.3 Å². The zero-order chi connectivity index (χ0) is 15.5. The lowest BCUT2D eigenvalue weighted by atomic mass is 10.1. The van der Waals surface area contributed by atoms with Gasteiger partial charge in [-0.2, -0.15) is 13.2 Å². The summed E-state index contributed by atoms with van der Waals surface area (Å²) >= 11 is 5.81. The molecule has 0 aliphatic heterocycles. The van der Waals surface area contributed by atoms with Gasteiger partial charge in [-0.3, -0.25) is 4.79 Å². The molecule has 1 N–H and O–H groups in total. The summed E-state index contributed by atoms with van der Waals surface area (Å²) < 4.78 is 36.6. The fourth-order valence-electron chi connectivity index (χ4n) is 1.65. The molecule has 0 saturated carbocycles. The number of nitrogens with zero attached hydrogens (tertiary/aromatic N) is 1. The number of rotatable bonds is 4. The van der Waals surface area contributed by atoms with E-state index in [2.05, 4.69) is 10.3 Å². The van der Waals surface area contributed by atoms with E-state index in [1.165, 1.54) is 19.1 Å². The SMILES string of the molecule is CC(CC(F)(F)F)NC(=O)c1cc(Cl)nc(C(C)C)c1. The van der Waals surface area contributed by atoms with Crippen LogP contribution in [0.5, 0.6) is 0 Å². The number of hydrogen-bond donors (Lipinski definition) is 1. The lowest BCUT2D eigenvalue weighted by Gasteiger charge is -2.16. The lowest BCUT2D eigenvalue weighted by molar-refractivity contribution is -0.138. The third kappa shape index (κ3) is 5.36. The normalized spacial score (nSPS) is 13.4. The van der Waals surface area contributed by atoms with Crippen LogP contribution in [0.3, 0.4) is 0 Å². The minimum atomic E-state index is -4.31. The highest BCUT2D eigenvalue weighted by molar-refractivity contribution is 6.29. The van der Waals surface area contributed by atoms with E-state index < -0.39 is 24.5 Å². The van der Waals surface area contributed by atoms with Crippen molar-refractivity contribution >= 4 is 17.5 Å². The van der Waals surface area contributed by atoms with Gasteiger partial charge >= 0.3 is 6.18 Å². The molecule has 7 heteroatoms. The number of carbonyl (C=O) groups excluding carboxylic acids is 1. The van der Waals surface area contributed by atoms with Crippen LogP contribution in [0.15, 0.2) is 12.1 Å². The molecular formula is C13H16ClF3N2O. The number of halogens is 4. The van der Waals surface area contributed by atoms with Gasteiger partial charge in [0.15, 0.2) is 0 Å². The van der Waals surface area contributed by atoms with Gasteiger partial charge in [-0.25, -0.2) is 4.98 Å². The maximum atomic E-state index is 12.2. The molecule has 3 nitrogen and oxygen atoms in total. The molecule has 1 aromatic heterocycles. The van der Waals surface area contributed by atoms with Crippen LogP contribution in [0.4, 0.5) is 13.2 Å². The van der Waals surface area contributed by atoms with E-state index in [-0.39, 0.29) is 16.6 Å². The molecule has 0 aromatic carbocycles. The van der Waals surface area contributed by atoms with Crippen molar-refractivity contribution in [1.29, 1.82) is 0 Å². The smallest absolute Gasteiger partial charge is 0.349 e. The van der Waals surface area contributed by atoms with Crippen LogP contribution in [0.1, 0.15) is 49.2 Å². The molecule has 1 aromatic rings. The number of hydrogen-bond acceptors (Lipinski definition) is 2. The lowest BCUT2D eigenvalue weighted by Crippen LogP contribution is -2.36. The van der Waals surface area contributed by atoms with Crippen molar-refractivity contribution < 1.29 is 18.0 Å². The number of amides is 1. The molecule has 20 heavy (non-hydrogen) atoms. The Kier molecular flexibility index (Phi) is 5.39. The quantitative estimate of drug-likeness (QED) is 0.856. The second-order valence-electron chi connectivity index (χ2n) is 4.95. The molecular weight excluding hydrogens is 293 g/mol. The van der Waals surface area contributed by atoms with Crippen molar-refractivity contribution in [3.05, 3.63) is 28.5 Å². The number of nitrogens with one attached hydrogen (secondary N) is 1. The first-order valence-corrected chi connectivity index (χ1v) is 6.51. The molecule has 0 spiro atoms. The predicted molar refractivity (Wildman–Crippen MR) is 70.9 cm³/mol. The Balaban J connectivity index is 2.82. The van der Waals surface area contributed by atoms with Crippen molar-refractivity contribution in [3.8, 4) is 0 Å². The van der Waals surface area contributed by atoms with E-state index in [1.54, 1.807) is 0 Å². The van der Waals surface area contributed by atoms with Crippen LogP contribution in [-0.2, 0) is 0 Å². The summed E-state index contributed by atoms with van der Waals surface area (Å²) in [6.45, 7) is 5.07. The molecule has 1 amide bonds. The average Bonchev–Trinajstić information content (AvgIpc) is 2.25. The first kappa shape index (κ1) is 16.8. The number of pyridine rings is 1. The van der Waals surface area contributed by atoms with Crippen molar-refractivity contribution in [2.45, 2.75) is 45.3 Å². The second-order valence-corrected chi connectivity index (χ2v) is 5.34. The van der Waals surface area contributed by atoms with Crippen molar-refractivity contribution in [2.24, 2.45) is 0 Å². The van der Waals surface area contributed by atoms with E-state index in [0.717, 1.165) is 0 Å². The van der Waals surface area contributed by atoms with Crippen LogP contribution in [0.2, 0.25) is 5.15 Å². The summed E-state index contributed by atoms with van der Waals surface area (Å²) in [7, 11) is 0. The maximum Gasteiger partial charge on any atom is 0.391 e. The summed E-state index contributed by atoms with van der Waals surface area (Å²) in [5.74, 6) is -0.527. The van der Waals surface area contributed by atoms with Gasteiger partial charge in [0, 0.05) is 17.3 Å². The Morgan fingerprint density at radius 2 is 1.95 bits per heavy atom. The molecule has 0 fully saturated rings. The zero-order valence-corrected chi connectivity index (χ0v) is 12.1. The van der Waals surface area contributed by atoms with Gasteiger partial charge in [-0.15, -0.1) is 0 Å². The van der Waals surface area contributed by atoms with Gasteiger partial charge in [0.25, 0.3) is 5.91 Å². The number of aromatic nitrogens is 1. The van der Waals surface area contributed by atoms with Crippen molar-refractivity contribution in [3.63, 3.8) is 0 Å². The topological polar surface area (TPSA) is 42.0 Å². The molecule has 1 rings (SSSR count). The Morgan fingerprint density at radius 3 is 2.45 bits per heavy atom. The molecule has 112 valence electrons. The summed E-state index contributed by atoms with van der Waals surface area (Å²) in [6, 6.07) is 1.87. The minimum absolute atomic E-state index is 0.0628. The Morgan fingerprint density at radius 1 is 1.35 bits per heavy atom. The van der Waals surface area contributed by atoms with Crippen molar-refractivity contribution in [2.75, 3.05) is 0 Å². The largest absolute Gasteiger partial charge is 0.391 e. The summed E-state index contributed by atoms with van der Waals surface area (Å²) in [4.78, 5) is 16.0. The first-order valence-electron chi connectivity index (χ1n) is 6.13. The Bertz CT molecular complexity index is 489. The first-order chi connectivity index (χ1) is 9.08. The molecule has 0 radical (unpaired) electrons. The molecule has 1 unspecified atom stereocenters. The summed E-state index contributed by atoms with van der Waals surface area (Å²) in [6.07, 6.45) is -5.39. The van der Waals surface area contributed by atoms with Gasteiger partial charge in [0.2, 0.25) is 0 Å². The highest BCUT2D eigenvalue weighted by atomic mass is 35.5. The zero-order valence-electron chi connectivity index (χ0n) is 11.4. The second kappa shape index (κ2) is 6.43. The molecule has 0 aliphatic carbocycles. The van der Waals surface area contributed by atoms with Crippen LogP contribution < -0.4 is 5.32 Å². The molecule has 0 bridgehead atoms. The number of alkyl halides is 3. The molecule has 1 atom stereocenters. The van der Waals surface area contributed by atoms with Gasteiger partial charge in [-0.1, -0.05) is 25.4 Å². The maximum absolute atomic E-state index is 12.2. The molecule has 0 aliphatic rings. The standard InChI is InChI=1S/C13H16ClF3N2O/c1-7(2)10-4-9(5-11(14)19-10)12(20)18-8(3)6-13(15,16)17/h4-5,7-8H,6H2,1-3H3,(H,18,20). The van der Waals surface area contributed by atoms with E-state index in [0.29, 0.717) is 5.69 Å². The minimum Gasteiger partial charge on any atom is -0.349 e. The van der Waals surface area contributed by atoms with Crippen LogP contribution in [-0.4, -0.2) is 23.1 Å². The Hall–Kier alpha value is -1.30. The Labute approximate surface area is 120 Å². The van der Waals surface area contributed by atoms with Gasteiger partial charge in [0.05, 0.1) is 6.42 Å². The third-order valence-electron chi connectivity index (χ3n) is 2.58. The van der Waals surface area contributed by atoms with E-state index in [9.17, 15) is 18.0 Å². The summed E-state index contributed by atoms with van der Waals surface area (Å²) in [5, 5.41) is 2.44. The van der Waals surface area contributed by atoms with Crippen LogP contribution >= 0.6 is 11.6 Å². The average molecular weight is 309 g/mol. The monoisotopic (exact) mass is 308 g/mol.